The lowest BCUT2D eigenvalue weighted by Gasteiger charge is -2.08. The molecule has 0 spiro atoms. The number of aryl methyl sites for hydroxylation is 2. The predicted molar refractivity (Wildman–Crippen MR) is 119 cm³/mol. The van der Waals surface area contributed by atoms with Crippen molar-refractivity contribution in [2.24, 2.45) is 7.05 Å². The zero-order valence-corrected chi connectivity index (χ0v) is 19.3. The van der Waals surface area contributed by atoms with Gasteiger partial charge >= 0.3 is 5.97 Å². The third-order valence-electron chi connectivity index (χ3n) is 4.21. The number of hydrogen-bond donors (Lipinski definition) is 1. The summed E-state index contributed by atoms with van der Waals surface area (Å²) >= 11 is 2.35. The number of anilines is 1. The van der Waals surface area contributed by atoms with Crippen molar-refractivity contribution in [1.82, 2.24) is 19.7 Å². The zero-order chi connectivity index (χ0) is 22.4. The first-order valence-electron chi connectivity index (χ1n) is 9.53. The van der Waals surface area contributed by atoms with Crippen molar-refractivity contribution in [1.29, 1.82) is 0 Å². The van der Waals surface area contributed by atoms with Gasteiger partial charge in [-0.25, -0.2) is 9.78 Å². The normalized spacial score (nSPS) is 10.7. The van der Waals surface area contributed by atoms with Crippen LogP contribution in [0.2, 0.25) is 0 Å². The summed E-state index contributed by atoms with van der Waals surface area (Å²) in [5.41, 5.74) is 1.57. The van der Waals surface area contributed by atoms with Crippen molar-refractivity contribution < 1.29 is 19.1 Å². The molecule has 3 aromatic rings. The van der Waals surface area contributed by atoms with Gasteiger partial charge in [-0.05, 0) is 32.4 Å². The van der Waals surface area contributed by atoms with Crippen LogP contribution < -0.4 is 10.1 Å². The van der Waals surface area contributed by atoms with E-state index in [4.69, 9.17) is 9.47 Å². The second-order valence-corrected chi connectivity index (χ2v) is 8.44. The quantitative estimate of drug-likeness (QED) is 0.382. The minimum Gasteiger partial charge on any atom is -0.485 e. The lowest BCUT2D eigenvalue weighted by molar-refractivity contribution is -0.113. The molecule has 0 aliphatic rings. The summed E-state index contributed by atoms with van der Waals surface area (Å²) in [5, 5.41) is 11.9. The van der Waals surface area contributed by atoms with E-state index in [2.05, 4.69) is 20.5 Å². The van der Waals surface area contributed by atoms with Crippen LogP contribution in [0.4, 0.5) is 5.13 Å². The third kappa shape index (κ3) is 5.82. The summed E-state index contributed by atoms with van der Waals surface area (Å²) in [6.45, 7) is 5.97. The highest BCUT2D eigenvalue weighted by Crippen LogP contribution is 2.24. The number of carbonyl (C=O) groups excluding carboxylic acids is 2. The first kappa shape index (κ1) is 22.8. The minimum absolute atomic E-state index is 0.123. The molecule has 0 atom stereocenters. The molecule has 0 aliphatic heterocycles. The Morgan fingerprint density at radius 3 is 2.74 bits per heavy atom. The van der Waals surface area contributed by atoms with E-state index < -0.39 is 5.97 Å². The number of thiazole rings is 1. The predicted octanol–water partition coefficient (Wildman–Crippen LogP) is 3.37. The highest BCUT2D eigenvalue weighted by molar-refractivity contribution is 7.99. The van der Waals surface area contributed by atoms with Gasteiger partial charge in [0.05, 0.1) is 18.1 Å². The highest BCUT2D eigenvalue weighted by atomic mass is 32.2. The van der Waals surface area contributed by atoms with E-state index in [0.717, 1.165) is 22.6 Å². The van der Waals surface area contributed by atoms with Crippen LogP contribution in [0.5, 0.6) is 5.75 Å². The lowest BCUT2D eigenvalue weighted by atomic mass is 10.2. The Labute approximate surface area is 188 Å². The summed E-state index contributed by atoms with van der Waals surface area (Å²) in [6.07, 6.45) is 0. The Balaban J connectivity index is 1.53. The molecule has 3 rings (SSSR count). The number of rotatable bonds is 9. The summed E-state index contributed by atoms with van der Waals surface area (Å²) < 4.78 is 12.6. The van der Waals surface area contributed by atoms with Crippen LogP contribution in [0.25, 0.3) is 0 Å². The molecule has 0 radical (unpaired) electrons. The second-order valence-electron chi connectivity index (χ2n) is 6.50. The fourth-order valence-corrected chi connectivity index (χ4v) is 4.18. The number of para-hydroxylation sites is 1. The second kappa shape index (κ2) is 10.4. The van der Waals surface area contributed by atoms with Gasteiger partial charge < -0.3 is 19.4 Å². The van der Waals surface area contributed by atoms with Gasteiger partial charge in [0, 0.05) is 7.05 Å². The van der Waals surface area contributed by atoms with Gasteiger partial charge in [-0.1, -0.05) is 41.3 Å². The van der Waals surface area contributed by atoms with Crippen LogP contribution in [0, 0.1) is 13.8 Å². The van der Waals surface area contributed by atoms with Gasteiger partial charge in [0.25, 0.3) is 0 Å². The molecule has 0 aliphatic carbocycles. The number of nitrogens with zero attached hydrogens (tertiary/aromatic N) is 4. The van der Waals surface area contributed by atoms with Crippen LogP contribution in [0.1, 0.15) is 33.7 Å². The van der Waals surface area contributed by atoms with Crippen LogP contribution in [-0.2, 0) is 23.2 Å². The van der Waals surface area contributed by atoms with E-state index in [1.54, 1.807) is 18.4 Å². The zero-order valence-electron chi connectivity index (χ0n) is 17.7. The maximum Gasteiger partial charge on any atom is 0.350 e. The van der Waals surface area contributed by atoms with Crippen LogP contribution in [0.15, 0.2) is 29.4 Å². The summed E-state index contributed by atoms with van der Waals surface area (Å²) in [4.78, 5) is 28.8. The number of aromatic nitrogens is 4. The molecule has 0 saturated carbocycles. The fraction of sp³-hybridized carbons (Fsp3) is 0.350. The number of carbonyl (C=O) groups is 2. The van der Waals surface area contributed by atoms with E-state index in [1.165, 1.54) is 11.8 Å². The number of amides is 1. The van der Waals surface area contributed by atoms with Crippen LogP contribution in [0.3, 0.4) is 0 Å². The Morgan fingerprint density at radius 1 is 1.23 bits per heavy atom. The highest BCUT2D eigenvalue weighted by Gasteiger charge is 2.18. The minimum atomic E-state index is -0.438. The molecular formula is C20H23N5O4S2. The number of thioether (sulfide) groups is 1. The molecule has 1 aromatic carbocycles. The first-order valence-corrected chi connectivity index (χ1v) is 11.3. The first-order chi connectivity index (χ1) is 14.9. The molecule has 0 fully saturated rings. The summed E-state index contributed by atoms with van der Waals surface area (Å²) in [5.74, 6) is 0.875. The van der Waals surface area contributed by atoms with Gasteiger partial charge in [-0.2, -0.15) is 0 Å². The summed E-state index contributed by atoms with van der Waals surface area (Å²) in [6, 6.07) is 7.75. The molecule has 0 bridgehead atoms. The molecule has 2 aromatic heterocycles. The number of nitrogens with one attached hydrogen (secondary N) is 1. The third-order valence-corrected chi connectivity index (χ3v) is 6.28. The van der Waals surface area contributed by atoms with Gasteiger partial charge in [0.1, 0.15) is 17.2 Å². The monoisotopic (exact) mass is 461 g/mol. The number of hydrogen-bond acceptors (Lipinski definition) is 9. The molecular weight excluding hydrogens is 438 g/mol. The SMILES string of the molecule is CCOC(=O)c1sc(NC(=O)CSc2nnc(COc3ccccc3C)n2C)nc1C. The fourth-order valence-electron chi connectivity index (χ4n) is 2.58. The molecule has 9 nitrogen and oxygen atoms in total. The average molecular weight is 462 g/mol. The molecule has 2 heterocycles. The summed E-state index contributed by atoms with van der Waals surface area (Å²) in [7, 11) is 1.83. The van der Waals surface area contributed by atoms with E-state index >= 15 is 0 Å². The van der Waals surface area contributed by atoms with E-state index in [-0.39, 0.29) is 24.9 Å². The van der Waals surface area contributed by atoms with Gasteiger partial charge in [-0.3, -0.25) is 4.79 Å². The van der Waals surface area contributed by atoms with Crippen molar-refractivity contribution >= 4 is 40.1 Å². The molecule has 11 heteroatoms. The number of benzene rings is 1. The molecule has 0 unspecified atom stereocenters. The topological polar surface area (TPSA) is 108 Å². The number of ether oxygens (including phenoxy) is 2. The molecule has 31 heavy (non-hydrogen) atoms. The smallest absolute Gasteiger partial charge is 0.350 e. The molecule has 1 N–H and O–H groups in total. The Hall–Kier alpha value is -2.92. The Kier molecular flexibility index (Phi) is 7.64. The van der Waals surface area contributed by atoms with Gasteiger partial charge in [0.15, 0.2) is 16.1 Å². The van der Waals surface area contributed by atoms with Crippen molar-refractivity contribution in [3.63, 3.8) is 0 Å². The molecule has 0 saturated heterocycles. The Morgan fingerprint density at radius 2 is 2.00 bits per heavy atom. The largest absolute Gasteiger partial charge is 0.485 e. The average Bonchev–Trinajstić information content (AvgIpc) is 3.28. The lowest BCUT2D eigenvalue weighted by Crippen LogP contribution is -2.14. The van der Waals surface area contributed by atoms with Crippen LogP contribution in [-0.4, -0.2) is 44.0 Å². The van der Waals surface area contributed by atoms with Crippen LogP contribution >= 0.6 is 23.1 Å². The van der Waals surface area contributed by atoms with Crippen molar-refractivity contribution in [3.8, 4) is 5.75 Å². The van der Waals surface area contributed by atoms with Crippen molar-refractivity contribution in [2.75, 3.05) is 17.7 Å². The number of esters is 1. The molecule has 1 amide bonds. The van der Waals surface area contributed by atoms with E-state index in [1.807, 2.05) is 38.2 Å². The Bertz CT molecular complexity index is 1080. The van der Waals surface area contributed by atoms with Gasteiger partial charge in [-0.15, -0.1) is 10.2 Å². The van der Waals surface area contributed by atoms with Crippen molar-refractivity contribution in [3.05, 3.63) is 46.2 Å². The maximum atomic E-state index is 12.3. The van der Waals surface area contributed by atoms with E-state index in [9.17, 15) is 9.59 Å². The van der Waals surface area contributed by atoms with Gasteiger partial charge in [0.2, 0.25) is 5.91 Å². The maximum absolute atomic E-state index is 12.3. The molecule has 164 valence electrons. The van der Waals surface area contributed by atoms with E-state index in [0.29, 0.717) is 26.7 Å². The van der Waals surface area contributed by atoms with Crippen molar-refractivity contribution in [2.45, 2.75) is 32.5 Å². The standard InChI is InChI=1S/C20H23N5O4S2/c1-5-28-18(27)17-13(3)21-19(31-17)22-16(26)11-30-20-24-23-15(25(20)4)10-29-14-9-7-6-8-12(14)2/h6-9H,5,10-11H2,1-4H3,(H,21,22,26).